The van der Waals surface area contributed by atoms with E-state index in [1.807, 2.05) is 20.8 Å². The quantitative estimate of drug-likeness (QED) is 0.622. The van der Waals surface area contributed by atoms with Crippen LogP contribution in [-0.2, 0) is 10.2 Å². The molecule has 1 aromatic carbocycles. The summed E-state index contributed by atoms with van der Waals surface area (Å²) < 4.78 is 7.00. The maximum Gasteiger partial charge on any atom is 0.432 e. The second kappa shape index (κ2) is 8.38. The monoisotopic (exact) mass is 508 g/mol. The van der Waals surface area contributed by atoms with E-state index in [9.17, 15) is 19.5 Å². The first-order valence-corrected chi connectivity index (χ1v) is 11.2. The summed E-state index contributed by atoms with van der Waals surface area (Å²) in [4.78, 5) is 38.9. The molecular formula is C22H29BrN4O5. The van der Waals surface area contributed by atoms with Gasteiger partial charge in [-0.25, -0.2) is 9.59 Å². The summed E-state index contributed by atoms with van der Waals surface area (Å²) in [5, 5.41) is 17.1. The molecule has 2 heterocycles. The predicted octanol–water partition coefficient (Wildman–Crippen LogP) is 4.36. The fourth-order valence-electron chi connectivity index (χ4n) is 3.85. The van der Waals surface area contributed by atoms with Crippen molar-refractivity contribution in [3.05, 3.63) is 27.9 Å². The lowest BCUT2D eigenvalue weighted by Gasteiger charge is -2.24. The minimum absolute atomic E-state index is 0.0457. The number of carboxylic acid groups (broad SMARTS) is 1. The van der Waals surface area contributed by atoms with Crippen molar-refractivity contribution in [2.24, 2.45) is 0 Å². The standard InChI is InChI=1S/C22H29BrN4O5/c1-21(2,3)16-13(23)7-8-14-15(16)17(25-27(14)19(29)30)18(28)24-12-9-10-26(11-12)20(31)32-22(4,5)6/h7-8,12H,9-11H2,1-6H3,(H,24,28)(H,29,30). The van der Waals surface area contributed by atoms with Gasteiger partial charge in [0.2, 0.25) is 0 Å². The van der Waals surface area contributed by atoms with Gasteiger partial charge >= 0.3 is 12.2 Å². The molecule has 1 fully saturated rings. The van der Waals surface area contributed by atoms with Gasteiger partial charge in [-0.1, -0.05) is 36.7 Å². The molecule has 2 aromatic rings. The molecule has 0 spiro atoms. The van der Waals surface area contributed by atoms with Crippen LogP contribution in [0.5, 0.6) is 0 Å². The maximum atomic E-state index is 13.2. The summed E-state index contributed by atoms with van der Waals surface area (Å²) in [6, 6.07) is 3.11. The molecule has 1 atom stereocenters. The molecule has 0 bridgehead atoms. The molecule has 1 aliphatic rings. The number of rotatable bonds is 2. The Morgan fingerprint density at radius 1 is 1.19 bits per heavy atom. The summed E-state index contributed by atoms with van der Waals surface area (Å²) in [6.45, 7) is 12.1. The number of aromatic nitrogens is 2. The van der Waals surface area contributed by atoms with E-state index in [-0.39, 0.29) is 17.2 Å². The highest BCUT2D eigenvalue weighted by atomic mass is 79.9. The van der Waals surface area contributed by atoms with Gasteiger partial charge in [-0.05, 0) is 50.3 Å². The summed E-state index contributed by atoms with van der Waals surface area (Å²) in [6.07, 6.45) is -1.12. The number of nitrogens with zero attached hydrogens (tertiary/aromatic N) is 3. The molecule has 2 amide bonds. The molecule has 1 saturated heterocycles. The number of carbonyl (C=O) groups is 3. The number of carbonyl (C=O) groups excluding carboxylic acids is 2. The van der Waals surface area contributed by atoms with Crippen LogP contribution in [0.25, 0.3) is 10.9 Å². The highest BCUT2D eigenvalue weighted by Gasteiger charge is 2.33. The lowest BCUT2D eigenvalue weighted by Crippen LogP contribution is -2.40. The van der Waals surface area contributed by atoms with Crippen molar-refractivity contribution in [3.8, 4) is 0 Å². The van der Waals surface area contributed by atoms with Crippen molar-refractivity contribution >= 4 is 44.9 Å². The normalized spacial score (nSPS) is 17.0. The molecule has 1 unspecified atom stereocenters. The molecule has 0 aliphatic carbocycles. The zero-order valence-electron chi connectivity index (χ0n) is 19.2. The van der Waals surface area contributed by atoms with E-state index in [1.54, 1.807) is 37.8 Å². The Labute approximate surface area is 195 Å². The topological polar surface area (TPSA) is 114 Å². The molecule has 0 saturated carbocycles. The zero-order valence-corrected chi connectivity index (χ0v) is 20.7. The molecule has 1 aliphatic heterocycles. The maximum absolute atomic E-state index is 13.2. The average Bonchev–Trinajstić information content (AvgIpc) is 3.23. The van der Waals surface area contributed by atoms with Crippen molar-refractivity contribution in [3.63, 3.8) is 0 Å². The number of amides is 2. The van der Waals surface area contributed by atoms with Crippen LogP contribution in [0.3, 0.4) is 0 Å². The van der Waals surface area contributed by atoms with E-state index in [1.165, 1.54) is 0 Å². The van der Waals surface area contributed by atoms with Crippen LogP contribution < -0.4 is 5.32 Å². The Morgan fingerprint density at radius 3 is 2.41 bits per heavy atom. The summed E-state index contributed by atoms with van der Waals surface area (Å²) in [5.74, 6) is -0.477. The van der Waals surface area contributed by atoms with Gasteiger partial charge in [0.1, 0.15) is 5.60 Å². The van der Waals surface area contributed by atoms with Gasteiger partial charge in [0.05, 0.1) is 5.52 Å². The second-order valence-electron chi connectivity index (χ2n) is 9.99. The molecule has 1 aromatic heterocycles. The van der Waals surface area contributed by atoms with E-state index in [2.05, 4.69) is 26.3 Å². The van der Waals surface area contributed by atoms with E-state index in [0.717, 1.165) is 14.7 Å². The number of fused-ring (bicyclic) bond motifs is 1. The average molecular weight is 509 g/mol. The third kappa shape index (κ3) is 4.90. The fraction of sp³-hybridized carbons (Fsp3) is 0.545. The number of likely N-dealkylation sites (tertiary alicyclic amines) is 1. The Balaban J connectivity index is 1.91. The first-order valence-electron chi connectivity index (χ1n) is 10.4. The Bertz CT molecular complexity index is 1080. The second-order valence-corrected chi connectivity index (χ2v) is 10.8. The summed E-state index contributed by atoms with van der Waals surface area (Å²) in [5.41, 5.74) is 0.217. The molecule has 10 heteroatoms. The van der Waals surface area contributed by atoms with E-state index < -0.39 is 23.7 Å². The Hall–Kier alpha value is -2.62. The Morgan fingerprint density at radius 2 is 1.84 bits per heavy atom. The lowest BCUT2D eigenvalue weighted by atomic mass is 9.84. The number of hydrogen-bond acceptors (Lipinski definition) is 5. The minimum Gasteiger partial charge on any atom is -0.463 e. The number of ether oxygens (including phenoxy) is 1. The summed E-state index contributed by atoms with van der Waals surface area (Å²) in [7, 11) is 0. The van der Waals surface area contributed by atoms with Crippen LogP contribution in [0.4, 0.5) is 9.59 Å². The summed E-state index contributed by atoms with van der Waals surface area (Å²) >= 11 is 3.54. The predicted molar refractivity (Wildman–Crippen MR) is 123 cm³/mol. The van der Waals surface area contributed by atoms with Crippen LogP contribution in [0.15, 0.2) is 16.6 Å². The van der Waals surface area contributed by atoms with Crippen molar-refractivity contribution < 1.29 is 24.2 Å². The smallest absolute Gasteiger partial charge is 0.432 e. The molecule has 174 valence electrons. The number of benzene rings is 1. The first kappa shape index (κ1) is 24.0. The van der Waals surface area contributed by atoms with Crippen molar-refractivity contribution in [1.82, 2.24) is 20.0 Å². The van der Waals surface area contributed by atoms with Crippen LogP contribution in [0, 0.1) is 0 Å². The van der Waals surface area contributed by atoms with E-state index in [0.29, 0.717) is 30.4 Å². The fourth-order valence-corrected chi connectivity index (χ4v) is 4.77. The molecule has 32 heavy (non-hydrogen) atoms. The van der Waals surface area contributed by atoms with Gasteiger partial charge in [-0.15, -0.1) is 0 Å². The van der Waals surface area contributed by atoms with E-state index in [4.69, 9.17) is 4.74 Å². The molecule has 3 rings (SSSR count). The number of nitrogens with one attached hydrogen (secondary N) is 1. The highest BCUT2D eigenvalue weighted by Crippen LogP contribution is 2.38. The lowest BCUT2D eigenvalue weighted by molar-refractivity contribution is 0.0290. The SMILES string of the molecule is CC(C)(C)OC(=O)N1CCC(NC(=O)c2nn(C(=O)O)c3ccc(Br)c(C(C)(C)C)c23)C1. The number of halogens is 1. The molecule has 2 N–H and O–H groups in total. The van der Waals surface area contributed by atoms with Gasteiger partial charge in [-0.3, -0.25) is 4.79 Å². The largest absolute Gasteiger partial charge is 0.463 e. The van der Waals surface area contributed by atoms with Gasteiger partial charge in [0.15, 0.2) is 5.69 Å². The van der Waals surface area contributed by atoms with Crippen LogP contribution >= 0.6 is 15.9 Å². The first-order chi connectivity index (χ1) is 14.7. The van der Waals surface area contributed by atoms with Gasteiger partial charge < -0.3 is 20.1 Å². The molecule has 0 radical (unpaired) electrons. The van der Waals surface area contributed by atoms with Gasteiger partial charge in [0, 0.05) is 29.0 Å². The zero-order chi connectivity index (χ0) is 24.0. The van der Waals surface area contributed by atoms with Gasteiger partial charge in [-0.2, -0.15) is 9.78 Å². The number of hydrogen-bond donors (Lipinski definition) is 2. The van der Waals surface area contributed by atoms with E-state index >= 15 is 0 Å². The third-order valence-electron chi connectivity index (χ3n) is 5.12. The Kier molecular flexibility index (Phi) is 6.29. The molecule has 9 nitrogen and oxygen atoms in total. The minimum atomic E-state index is -1.27. The van der Waals surface area contributed by atoms with Crippen LogP contribution in [0.2, 0.25) is 0 Å². The van der Waals surface area contributed by atoms with Crippen molar-refractivity contribution in [1.29, 1.82) is 0 Å². The van der Waals surface area contributed by atoms with Crippen LogP contribution in [0.1, 0.15) is 64.0 Å². The van der Waals surface area contributed by atoms with Gasteiger partial charge in [0.25, 0.3) is 5.91 Å². The third-order valence-corrected chi connectivity index (χ3v) is 5.78. The van der Waals surface area contributed by atoms with Crippen LogP contribution in [-0.4, -0.2) is 62.6 Å². The highest BCUT2D eigenvalue weighted by molar-refractivity contribution is 9.10. The molecular weight excluding hydrogens is 480 g/mol. The van der Waals surface area contributed by atoms with Crippen molar-refractivity contribution in [2.75, 3.05) is 13.1 Å². The van der Waals surface area contributed by atoms with Crippen molar-refractivity contribution in [2.45, 2.75) is 65.0 Å².